The van der Waals surface area contributed by atoms with E-state index < -0.39 is 0 Å². The third-order valence-electron chi connectivity index (χ3n) is 2.18. The lowest BCUT2D eigenvalue weighted by Gasteiger charge is -2.11. The summed E-state index contributed by atoms with van der Waals surface area (Å²) in [6.45, 7) is 4.14. The highest BCUT2D eigenvalue weighted by Crippen LogP contribution is 2.20. The van der Waals surface area contributed by atoms with Crippen molar-refractivity contribution < 1.29 is 14.9 Å². The van der Waals surface area contributed by atoms with Gasteiger partial charge in [0.1, 0.15) is 5.75 Å². The van der Waals surface area contributed by atoms with Crippen molar-refractivity contribution in [1.29, 1.82) is 0 Å². The molecule has 1 aromatic carbocycles. The summed E-state index contributed by atoms with van der Waals surface area (Å²) in [5.41, 5.74) is 1.89. The summed E-state index contributed by atoms with van der Waals surface area (Å²) >= 11 is 0. The Balaban J connectivity index is 2.60. The van der Waals surface area contributed by atoms with Crippen LogP contribution in [0.5, 0.6) is 5.75 Å². The van der Waals surface area contributed by atoms with Gasteiger partial charge in [-0.25, -0.2) is 0 Å². The Bertz CT molecular complexity index is 308. The van der Waals surface area contributed by atoms with Gasteiger partial charge in [-0.15, -0.1) is 0 Å². The molecule has 0 spiro atoms. The number of rotatable bonds is 5. The Morgan fingerprint density at radius 2 is 2.13 bits per heavy atom. The Morgan fingerprint density at radius 3 is 2.73 bits per heavy atom. The highest BCUT2D eigenvalue weighted by atomic mass is 16.5. The molecule has 0 heterocycles. The molecule has 0 aromatic heterocycles. The zero-order valence-electron chi connectivity index (χ0n) is 9.23. The molecule has 1 atom stereocenters. The smallest absolute Gasteiger partial charge is 0.124 e. The molecule has 3 nitrogen and oxygen atoms in total. The predicted octanol–water partition coefficient (Wildman–Crippen LogP) is 1.64. The summed E-state index contributed by atoms with van der Waals surface area (Å²) in [5.74, 6) is 0.698. The minimum atomic E-state index is -0.354. The normalized spacial score (nSPS) is 12.5. The van der Waals surface area contributed by atoms with Gasteiger partial charge < -0.3 is 14.9 Å². The number of aryl methyl sites for hydroxylation is 1. The molecule has 0 radical (unpaired) electrons. The van der Waals surface area contributed by atoms with Gasteiger partial charge in [0.15, 0.2) is 0 Å². The molecule has 1 unspecified atom stereocenters. The van der Waals surface area contributed by atoms with E-state index in [9.17, 15) is 0 Å². The fourth-order valence-corrected chi connectivity index (χ4v) is 1.31. The van der Waals surface area contributed by atoms with Crippen LogP contribution in [0.1, 0.15) is 24.5 Å². The molecule has 0 aliphatic heterocycles. The van der Waals surface area contributed by atoms with Crippen molar-refractivity contribution in [3.05, 3.63) is 29.3 Å². The Labute approximate surface area is 90.3 Å². The molecular formula is C12H18O3. The number of benzene rings is 1. The molecule has 0 fully saturated rings. The average molecular weight is 210 g/mol. The second-order valence-corrected chi connectivity index (χ2v) is 3.76. The molecule has 1 aromatic rings. The van der Waals surface area contributed by atoms with E-state index in [0.717, 1.165) is 11.1 Å². The van der Waals surface area contributed by atoms with Crippen LogP contribution in [0.4, 0.5) is 0 Å². The first-order valence-electron chi connectivity index (χ1n) is 5.14. The highest BCUT2D eigenvalue weighted by molar-refractivity contribution is 5.36. The molecule has 1 rings (SSSR count). The van der Waals surface area contributed by atoms with Crippen LogP contribution >= 0.6 is 0 Å². The van der Waals surface area contributed by atoms with Crippen molar-refractivity contribution in [2.75, 3.05) is 6.61 Å². The van der Waals surface area contributed by atoms with Gasteiger partial charge in [0.25, 0.3) is 0 Å². The van der Waals surface area contributed by atoms with Gasteiger partial charge in [0, 0.05) is 12.0 Å². The van der Waals surface area contributed by atoms with Gasteiger partial charge in [-0.2, -0.15) is 0 Å². The summed E-state index contributed by atoms with van der Waals surface area (Å²) in [5, 5.41) is 18.2. The maximum atomic E-state index is 9.12. The maximum Gasteiger partial charge on any atom is 0.124 e. The SMILES string of the molecule is Cc1ccc(OCCC(C)O)c(CO)c1. The standard InChI is InChI=1S/C12H18O3/c1-9-3-4-12(11(7-9)8-13)15-6-5-10(2)14/h3-4,7,10,13-14H,5-6,8H2,1-2H3. The van der Waals surface area contributed by atoms with Crippen LogP contribution in [0.2, 0.25) is 0 Å². The quantitative estimate of drug-likeness (QED) is 0.776. The highest BCUT2D eigenvalue weighted by Gasteiger charge is 2.03. The maximum absolute atomic E-state index is 9.12. The third-order valence-corrected chi connectivity index (χ3v) is 2.18. The lowest BCUT2D eigenvalue weighted by Crippen LogP contribution is -2.08. The number of ether oxygens (including phenoxy) is 1. The molecule has 3 heteroatoms. The van der Waals surface area contributed by atoms with E-state index in [-0.39, 0.29) is 12.7 Å². The van der Waals surface area contributed by atoms with E-state index in [1.807, 2.05) is 25.1 Å². The number of hydrogen-bond acceptors (Lipinski definition) is 3. The van der Waals surface area contributed by atoms with Crippen LogP contribution < -0.4 is 4.74 Å². The van der Waals surface area contributed by atoms with E-state index in [4.69, 9.17) is 14.9 Å². The molecular weight excluding hydrogens is 192 g/mol. The molecule has 0 aliphatic rings. The molecule has 15 heavy (non-hydrogen) atoms. The number of aliphatic hydroxyl groups excluding tert-OH is 2. The van der Waals surface area contributed by atoms with Crippen molar-refractivity contribution >= 4 is 0 Å². The first kappa shape index (κ1) is 12.0. The van der Waals surface area contributed by atoms with E-state index in [1.54, 1.807) is 6.92 Å². The van der Waals surface area contributed by atoms with Gasteiger partial charge in [0.2, 0.25) is 0 Å². The lowest BCUT2D eigenvalue weighted by molar-refractivity contribution is 0.154. The van der Waals surface area contributed by atoms with Gasteiger partial charge >= 0.3 is 0 Å². The summed E-state index contributed by atoms with van der Waals surface area (Å²) in [6, 6.07) is 5.69. The van der Waals surface area contributed by atoms with Crippen molar-refractivity contribution in [1.82, 2.24) is 0 Å². The minimum absolute atomic E-state index is 0.0221. The van der Waals surface area contributed by atoms with E-state index in [2.05, 4.69) is 0 Å². The van der Waals surface area contributed by atoms with Crippen molar-refractivity contribution in [2.45, 2.75) is 33.0 Å². The van der Waals surface area contributed by atoms with Crippen LogP contribution in [0.3, 0.4) is 0 Å². The van der Waals surface area contributed by atoms with Crippen molar-refractivity contribution in [3.63, 3.8) is 0 Å². The molecule has 84 valence electrons. The third kappa shape index (κ3) is 3.90. The molecule has 0 amide bonds. The molecule has 0 saturated heterocycles. The summed E-state index contributed by atoms with van der Waals surface area (Å²) in [7, 11) is 0. The van der Waals surface area contributed by atoms with E-state index in [1.165, 1.54) is 0 Å². The molecule has 0 bridgehead atoms. The van der Waals surface area contributed by atoms with Crippen molar-refractivity contribution in [3.8, 4) is 5.75 Å². The largest absolute Gasteiger partial charge is 0.493 e. The van der Waals surface area contributed by atoms with Crippen LogP contribution in [-0.4, -0.2) is 22.9 Å². The van der Waals surface area contributed by atoms with Gasteiger partial charge in [-0.05, 0) is 19.9 Å². The van der Waals surface area contributed by atoms with E-state index in [0.29, 0.717) is 18.8 Å². The van der Waals surface area contributed by atoms with E-state index >= 15 is 0 Å². The van der Waals surface area contributed by atoms with Gasteiger partial charge in [0.05, 0.1) is 19.3 Å². The number of aliphatic hydroxyl groups is 2. The van der Waals surface area contributed by atoms with Crippen molar-refractivity contribution in [2.24, 2.45) is 0 Å². The van der Waals surface area contributed by atoms with Gasteiger partial charge in [-0.3, -0.25) is 0 Å². The second kappa shape index (κ2) is 5.73. The minimum Gasteiger partial charge on any atom is -0.493 e. The second-order valence-electron chi connectivity index (χ2n) is 3.76. The van der Waals surface area contributed by atoms with Gasteiger partial charge in [-0.1, -0.05) is 17.7 Å². The monoisotopic (exact) mass is 210 g/mol. The molecule has 2 N–H and O–H groups in total. The fraction of sp³-hybridized carbons (Fsp3) is 0.500. The summed E-state index contributed by atoms with van der Waals surface area (Å²) in [4.78, 5) is 0. The topological polar surface area (TPSA) is 49.7 Å². The first-order valence-corrected chi connectivity index (χ1v) is 5.14. The first-order chi connectivity index (χ1) is 7.13. The van der Waals surface area contributed by atoms with Crippen LogP contribution in [-0.2, 0) is 6.61 Å². The zero-order valence-corrected chi connectivity index (χ0v) is 9.23. The Hall–Kier alpha value is -1.06. The summed E-state index contributed by atoms with van der Waals surface area (Å²) < 4.78 is 5.47. The predicted molar refractivity (Wildman–Crippen MR) is 58.9 cm³/mol. The molecule has 0 saturated carbocycles. The van der Waals surface area contributed by atoms with Crippen LogP contribution in [0, 0.1) is 6.92 Å². The van der Waals surface area contributed by atoms with Crippen LogP contribution in [0.25, 0.3) is 0 Å². The Kier molecular flexibility index (Phi) is 4.59. The average Bonchev–Trinajstić information content (AvgIpc) is 2.19. The zero-order chi connectivity index (χ0) is 11.3. The number of hydrogen-bond donors (Lipinski definition) is 2. The summed E-state index contributed by atoms with van der Waals surface area (Å²) in [6.07, 6.45) is 0.242. The molecule has 0 aliphatic carbocycles. The Morgan fingerprint density at radius 1 is 1.40 bits per heavy atom. The lowest BCUT2D eigenvalue weighted by atomic mass is 10.1. The van der Waals surface area contributed by atoms with Crippen LogP contribution in [0.15, 0.2) is 18.2 Å². The fourth-order valence-electron chi connectivity index (χ4n) is 1.31.